The van der Waals surface area contributed by atoms with Crippen LogP contribution in [0.25, 0.3) is 0 Å². The van der Waals surface area contributed by atoms with E-state index in [0.29, 0.717) is 0 Å². The maximum absolute atomic E-state index is 10.1. The number of likely N-dealkylation sites (N-methyl/N-ethyl adjacent to an activating group) is 1. The second-order valence-corrected chi connectivity index (χ2v) is 4.35. The summed E-state index contributed by atoms with van der Waals surface area (Å²) in [6.07, 6.45) is -0.376. The van der Waals surface area contributed by atoms with E-state index >= 15 is 0 Å². The van der Waals surface area contributed by atoms with Crippen LogP contribution in [0.4, 0.5) is 0 Å². The molecule has 2 nitrogen and oxygen atoms in total. The fourth-order valence-corrected chi connectivity index (χ4v) is 1.80. The van der Waals surface area contributed by atoms with Gasteiger partial charge >= 0.3 is 0 Å². The minimum atomic E-state index is -0.376. The molecule has 0 bridgehead atoms. The minimum Gasteiger partial charge on any atom is -0.387 e. The molecule has 0 fully saturated rings. The van der Waals surface area contributed by atoms with Crippen LogP contribution in [0.2, 0.25) is 0 Å². The molecule has 2 heteroatoms. The van der Waals surface area contributed by atoms with Gasteiger partial charge in [0.2, 0.25) is 0 Å². The molecule has 0 aliphatic heterocycles. The molecular weight excluding hydrogens is 198 g/mol. The molecule has 1 aromatic carbocycles. The molecule has 0 radical (unpaired) electrons. The summed E-state index contributed by atoms with van der Waals surface area (Å²) in [5.41, 5.74) is 3.55. The summed E-state index contributed by atoms with van der Waals surface area (Å²) in [4.78, 5) is 2.24. The molecule has 0 amide bonds. The average Bonchev–Trinajstić information content (AvgIpc) is 2.29. The monoisotopic (exact) mass is 221 g/mol. The van der Waals surface area contributed by atoms with Gasteiger partial charge in [0.05, 0.1) is 6.10 Å². The first kappa shape index (κ1) is 13.2. The predicted octanol–water partition coefficient (Wildman–Crippen LogP) is 2.68. The Morgan fingerprint density at radius 1 is 1.12 bits per heavy atom. The lowest BCUT2D eigenvalue weighted by molar-refractivity contribution is 0.119. The molecule has 16 heavy (non-hydrogen) atoms. The Morgan fingerprint density at radius 3 is 2.25 bits per heavy atom. The van der Waals surface area contributed by atoms with Crippen molar-refractivity contribution in [2.75, 3.05) is 19.6 Å². The van der Waals surface area contributed by atoms with E-state index in [1.807, 2.05) is 6.07 Å². The molecule has 90 valence electrons. The second kappa shape index (κ2) is 6.02. The van der Waals surface area contributed by atoms with Crippen LogP contribution in [0.1, 0.15) is 36.6 Å². The Balaban J connectivity index is 2.72. The number of benzene rings is 1. The molecule has 1 unspecified atom stereocenters. The summed E-state index contributed by atoms with van der Waals surface area (Å²) in [7, 11) is 0. The number of aliphatic hydroxyl groups excluding tert-OH is 1. The third kappa shape index (κ3) is 3.32. The maximum Gasteiger partial charge on any atom is 0.0917 e. The van der Waals surface area contributed by atoms with Crippen LogP contribution < -0.4 is 0 Å². The van der Waals surface area contributed by atoms with Gasteiger partial charge < -0.3 is 10.0 Å². The van der Waals surface area contributed by atoms with Gasteiger partial charge in [0.15, 0.2) is 0 Å². The molecule has 1 N–H and O–H groups in total. The highest BCUT2D eigenvalue weighted by Crippen LogP contribution is 2.17. The lowest BCUT2D eigenvalue weighted by atomic mass is 10.0. The molecule has 0 aromatic heterocycles. The Hall–Kier alpha value is -0.860. The zero-order valence-corrected chi connectivity index (χ0v) is 10.8. The van der Waals surface area contributed by atoms with E-state index < -0.39 is 0 Å². The van der Waals surface area contributed by atoms with Crippen molar-refractivity contribution in [3.05, 3.63) is 34.9 Å². The van der Waals surface area contributed by atoms with Crippen LogP contribution in [0.3, 0.4) is 0 Å². The fourth-order valence-electron chi connectivity index (χ4n) is 1.80. The molecule has 0 aliphatic carbocycles. The third-order valence-corrected chi connectivity index (χ3v) is 3.24. The van der Waals surface area contributed by atoms with E-state index in [1.165, 1.54) is 11.1 Å². The van der Waals surface area contributed by atoms with Crippen molar-refractivity contribution in [3.8, 4) is 0 Å². The van der Waals surface area contributed by atoms with Gasteiger partial charge in [0.1, 0.15) is 0 Å². The molecule has 0 heterocycles. The first-order valence-corrected chi connectivity index (χ1v) is 6.06. The Morgan fingerprint density at radius 2 is 1.75 bits per heavy atom. The van der Waals surface area contributed by atoms with Gasteiger partial charge in [0.25, 0.3) is 0 Å². The maximum atomic E-state index is 10.1. The van der Waals surface area contributed by atoms with Gasteiger partial charge in [-0.1, -0.05) is 32.0 Å². The summed E-state index contributed by atoms with van der Waals surface area (Å²) in [6.45, 7) is 11.1. The molecule has 0 aliphatic rings. The number of rotatable bonds is 5. The van der Waals surface area contributed by atoms with Gasteiger partial charge in [0, 0.05) is 6.54 Å². The van der Waals surface area contributed by atoms with Gasteiger partial charge in [-0.3, -0.25) is 0 Å². The summed E-state index contributed by atoms with van der Waals surface area (Å²) in [5, 5.41) is 10.1. The number of nitrogens with zero attached hydrogens (tertiary/aromatic N) is 1. The van der Waals surface area contributed by atoms with Crippen molar-refractivity contribution in [1.29, 1.82) is 0 Å². The SMILES string of the molecule is CCN(CC)CC(O)c1ccc(C)c(C)c1. The number of aryl methyl sites for hydroxylation is 2. The van der Waals surface area contributed by atoms with E-state index in [-0.39, 0.29) is 6.10 Å². The second-order valence-electron chi connectivity index (χ2n) is 4.35. The predicted molar refractivity (Wildman–Crippen MR) is 68.7 cm³/mol. The highest BCUT2D eigenvalue weighted by atomic mass is 16.3. The van der Waals surface area contributed by atoms with Gasteiger partial charge in [-0.2, -0.15) is 0 Å². The van der Waals surface area contributed by atoms with Crippen molar-refractivity contribution < 1.29 is 5.11 Å². The normalized spacial score (nSPS) is 13.1. The highest BCUT2D eigenvalue weighted by Gasteiger charge is 2.11. The zero-order chi connectivity index (χ0) is 12.1. The van der Waals surface area contributed by atoms with Crippen LogP contribution in [0, 0.1) is 13.8 Å². The van der Waals surface area contributed by atoms with Gasteiger partial charge in [-0.25, -0.2) is 0 Å². The summed E-state index contributed by atoms with van der Waals surface area (Å²) < 4.78 is 0. The van der Waals surface area contributed by atoms with Crippen molar-refractivity contribution >= 4 is 0 Å². The Labute approximate surface area is 98.9 Å². The topological polar surface area (TPSA) is 23.5 Å². The average molecular weight is 221 g/mol. The summed E-state index contributed by atoms with van der Waals surface area (Å²) in [5.74, 6) is 0. The van der Waals surface area contributed by atoms with Crippen LogP contribution in [0.15, 0.2) is 18.2 Å². The Bertz CT molecular complexity index is 332. The Kier molecular flexibility index (Phi) is 4.97. The highest BCUT2D eigenvalue weighted by molar-refractivity contribution is 5.31. The standard InChI is InChI=1S/C14H23NO/c1-5-15(6-2)10-14(16)13-8-7-11(3)12(4)9-13/h7-9,14,16H,5-6,10H2,1-4H3. The smallest absolute Gasteiger partial charge is 0.0917 e. The van der Waals surface area contributed by atoms with Crippen molar-refractivity contribution in [1.82, 2.24) is 4.90 Å². The van der Waals surface area contributed by atoms with E-state index in [1.54, 1.807) is 0 Å². The molecule has 1 atom stereocenters. The first-order chi connectivity index (χ1) is 7.58. The molecule has 0 saturated heterocycles. The third-order valence-electron chi connectivity index (χ3n) is 3.24. The van der Waals surface area contributed by atoms with Gasteiger partial charge in [-0.05, 0) is 43.6 Å². The van der Waals surface area contributed by atoms with Crippen LogP contribution >= 0.6 is 0 Å². The van der Waals surface area contributed by atoms with Gasteiger partial charge in [-0.15, -0.1) is 0 Å². The molecule has 1 rings (SSSR count). The largest absolute Gasteiger partial charge is 0.387 e. The summed E-state index contributed by atoms with van der Waals surface area (Å²) in [6, 6.07) is 6.19. The van der Waals surface area contributed by atoms with Crippen LogP contribution in [0.5, 0.6) is 0 Å². The van der Waals surface area contributed by atoms with Crippen LogP contribution in [-0.2, 0) is 0 Å². The first-order valence-electron chi connectivity index (χ1n) is 6.06. The van der Waals surface area contributed by atoms with Crippen LogP contribution in [-0.4, -0.2) is 29.6 Å². The number of hydrogen-bond donors (Lipinski definition) is 1. The minimum absolute atomic E-state index is 0.376. The number of aliphatic hydroxyl groups is 1. The molecule has 0 spiro atoms. The fraction of sp³-hybridized carbons (Fsp3) is 0.571. The van der Waals surface area contributed by atoms with Crippen molar-refractivity contribution in [3.63, 3.8) is 0 Å². The van der Waals surface area contributed by atoms with Crippen molar-refractivity contribution in [2.24, 2.45) is 0 Å². The number of hydrogen-bond acceptors (Lipinski definition) is 2. The molecule has 1 aromatic rings. The summed E-state index contributed by atoms with van der Waals surface area (Å²) >= 11 is 0. The zero-order valence-electron chi connectivity index (χ0n) is 10.8. The van der Waals surface area contributed by atoms with E-state index in [0.717, 1.165) is 25.2 Å². The van der Waals surface area contributed by atoms with E-state index in [4.69, 9.17) is 0 Å². The van der Waals surface area contributed by atoms with E-state index in [9.17, 15) is 5.11 Å². The lowest BCUT2D eigenvalue weighted by Crippen LogP contribution is -2.28. The molecular formula is C14H23NO. The van der Waals surface area contributed by atoms with E-state index in [2.05, 4.69) is 44.7 Å². The van der Waals surface area contributed by atoms with Crippen molar-refractivity contribution in [2.45, 2.75) is 33.8 Å². The molecule has 0 saturated carbocycles. The quantitative estimate of drug-likeness (QED) is 0.826. The lowest BCUT2D eigenvalue weighted by Gasteiger charge is -2.22.